The summed E-state index contributed by atoms with van der Waals surface area (Å²) in [5.41, 5.74) is 1.19. The van der Waals surface area contributed by atoms with Crippen molar-refractivity contribution in [1.82, 2.24) is 14.4 Å². The maximum Gasteiger partial charge on any atom is 0.331 e. The molecule has 0 aromatic carbocycles. The van der Waals surface area contributed by atoms with E-state index in [2.05, 4.69) is 15.3 Å². The Balaban J connectivity index is 1.62. The number of imidazole rings is 1. The van der Waals surface area contributed by atoms with Gasteiger partial charge in [-0.25, -0.2) is 14.8 Å². The topological polar surface area (TPSA) is 85.6 Å². The maximum absolute atomic E-state index is 12.1. The number of halogens is 2. The lowest BCUT2D eigenvalue weighted by Crippen LogP contribution is -2.29. The molecular weight excluding hydrogens is 391 g/mol. The lowest BCUT2D eigenvalue weighted by Gasteiger charge is -2.11. The normalized spacial score (nSPS) is 12.3. The fourth-order valence-electron chi connectivity index (χ4n) is 2.23. The number of ether oxygens (including phenoxy) is 1. The van der Waals surface area contributed by atoms with E-state index < -0.39 is 18.0 Å². The molecule has 27 heavy (non-hydrogen) atoms. The molecule has 7 nitrogen and oxygen atoms in total. The highest BCUT2D eigenvalue weighted by molar-refractivity contribution is 6.31. The Morgan fingerprint density at radius 3 is 2.81 bits per heavy atom. The van der Waals surface area contributed by atoms with Gasteiger partial charge in [0.15, 0.2) is 11.3 Å². The van der Waals surface area contributed by atoms with Crippen molar-refractivity contribution in [2.24, 2.45) is 0 Å². The van der Waals surface area contributed by atoms with Crippen LogP contribution in [0.3, 0.4) is 0 Å². The molecule has 0 fully saturated rings. The Morgan fingerprint density at radius 1 is 1.26 bits per heavy atom. The molecule has 1 N–H and O–H groups in total. The van der Waals surface area contributed by atoms with Crippen molar-refractivity contribution in [2.45, 2.75) is 13.0 Å². The van der Waals surface area contributed by atoms with Crippen LogP contribution < -0.4 is 5.32 Å². The lowest BCUT2D eigenvalue weighted by molar-refractivity contribution is -0.148. The first kappa shape index (κ1) is 18.9. The molecule has 0 bridgehead atoms. The van der Waals surface area contributed by atoms with Crippen molar-refractivity contribution in [1.29, 1.82) is 0 Å². The standard InChI is InChI=1S/C18H14Cl2N4O3/c1-11(18(26)22-14-7-5-12(19)10-21-14)27-16(25)8-6-13-17(20)23-15-4-2-3-9-24(13)15/h2-11H,1H3,(H,21,22,26)/b8-6+/t11-/m1/s1. The molecule has 3 aromatic rings. The van der Waals surface area contributed by atoms with Crippen LogP contribution in [0.1, 0.15) is 12.6 Å². The van der Waals surface area contributed by atoms with Gasteiger partial charge in [0, 0.05) is 18.5 Å². The van der Waals surface area contributed by atoms with E-state index in [0.29, 0.717) is 22.2 Å². The Hall–Kier alpha value is -2.90. The third kappa shape index (κ3) is 4.64. The number of carbonyl (C=O) groups excluding carboxylic acids is 2. The minimum absolute atomic E-state index is 0.254. The number of aromatic nitrogens is 3. The highest BCUT2D eigenvalue weighted by atomic mass is 35.5. The molecule has 0 aliphatic rings. The van der Waals surface area contributed by atoms with E-state index in [0.717, 1.165) is 0 Å². The van der Waals surface area contributed by atoms with Crippen LogP contribution >= 0.6 is 23.2 Å². The van der Waals surface area contributed by atoms with Crippen LogP contribution in [0, 0.1) is 0 Å². The van der Waals surface area contributed by atoms with Gasteiger partial charge in [-0.1, -0.05) is 29.3 Å². The highest BCUT2D eigenvalue weighted by Gasteiger charge is 2.17. The molecule has 138 valence electrons. The summed E-state index contributed by atoms with van der Waals surface area (Å²) in [4.78, 5) is 32.2. The molecular formula is C18H14Cl2N4O3. The number of amides is 1. The fraction of sp³-hybridized carbons (Fsp3) is 0.111. The number of esters is 1. The number of pyridine rings is 2. The smallest absolute Gasteiger partial charge is 0.331 e. The molecule has 1 atom stereocenters. The van der Waals surface area contributed by atoms with Crippen LogP contribution in [0.5, 0.6) is 0 Å². The van der Waals surface area contributed by atoms with Gasteiger partial charge in [0.05, 0.1) is 10.7 Å². The van der Waals surface area contributed by atoms with Gasteiger partial charge in [-0.05, 0) is 37.3 Å². The predicted octanol–water partition coefficient (Wildman–Crippen LogP) is 3.62. The summed E-state index contributed by atoms with van der Waals surface area (Å²) in [5.74, 6) is -0.900. The van der Waals surface area contributed by atoms with Gasteiger partial charge < -0.3 is 10.1 Å². The third-order valence-electron chi connectivity index (χ3n) is 3.54. The number of carbonyl (C=O) groups is 2. The molecule has 0 saturated carbocycles. The fourth-order valence-corrected chi connectivity index (χ4v) is 2.58. The summed E-state index contributed by atoms with van der Waals surface area (Å²) in [5, 5.41) is 3.23. The van der Waals surface area contributed by atoms with Crippen molar-refractivity contribution in [3.8, 4) is 0 Å². The maximum atomic E-state index is 12.1. The minimum Gasteiger partial charge on any atom is -0.449 e. The van der Waals surface area contributed by atoms with Crippen molar-refractivity contribution < 1.29 is 14.3 Å². The molecule has 0 aliphatic heterocycles. The summed E-state index contributed by atoms with van der Waals surface area (Å²) >= 11 is 11.8. The molecule has 0 unspecified atom stereocenters. The zero-order valence-electron chi connectivity index (χ0n) is 14.1. The lowest BCUT2D eigenvalue weighted by atomic mass is 10.3. The molecule has 3 aromatic heterocycles. The molecule has 0 radical (unpaired) electrons. The Labute approximate surface area is 164 Å². The summed E-state index contributed by atoms with van der Waals surface area (Å²) in [7, 11) is 0. The average Bonchev–Trinajstić information content (AvgIpc) is 2.97. The zero-order chi connectivity index (χ0) is 19.4. The number of nitrogens with one attached hydrogen (secondary N) is 1. The van der Waals surface area contributed by atoms with Gasteiger partial charge in [-0.3, -0.25) is 9.20 Å². The van der Waals surface area contributed by atoms with Crippen molar-refractivity contribution >= 4 is 52.6 Å². The van der Waals surface area contributed by atoms with E-state index in [9.17, 15) is 9.59 Å². The van der Waals surface area contributed by atoms with Gasteiger partial charge in [0.1, 0.15) is 11.5 Å². The van der Waals surface area contributed by atoms with Gasteiger partial charge in [-0.15, -0.1) is 0 Å². The van der Waals surface area contributed by atoms with Crippen LogP contribution in [-0.4, -0.2) is 32.3 Å². The largest absolute Gasteiger partial charge is 0.449 e. The molecule has 0 spiro atoms. The van der Waals surface area contributed by atoms with E-state index in [1.165, 1.54) is 25.3 Å². The van der Waals surface area contributed by atoms with Crippen LogP contribution in [0.15, 0.2) is 48.8 Å². The van der Waals surface area contributed by atoms with E-state index in [1.807, 2.05) is 12.1 Å². The second-order valence-corrected chi connectivity index (χ2v) is 6.27. The van der Waals surface area contributed by atoms with Gasteiger partial charge in [-0.2, -0.15) is 0 Å². The predicted molar refractivity (Wildman–Crippen MR) is 103 cm³/mol. The van der Waals surface area contributed by atoms with E-state index in [4.69, 9.17) is 27.9 Å². The van der Waals surface area contributed by atoms with Gasteiger partial charge in [0.2, 0.25) is 0 Å². The molecule has 9 heteroatoms. The number of anilines is 1. The first-order chi connectivity index (χ1) is 12.9. The number of nitrogens with zero attached hydrogens (tertiary/aromatic N) is 3. The SMILES string of the molecule is C[C@@H](OC(=O)/C=C/c1c(Cl)nc2ccccn12)C(=O)Nc1ccc(Cl)cn1. The minimum atomic E-state index is -1.02. The Bertz CT molecular complexity index is 1020. The molecule has 0 aliphatic carbocycles. The van der Waals surface area contributed by atoms with Crippen LogP contribution in [0.25, 0.3) is 11.7 Å². The van der Waals surface area contributed by atoms with Crippen molar-refractivity contribution in [2.75, 3.05) is 5.32 Å². The molecule has 0 saturated heterocycles. The van der Waals surface area contributed by atoms with Crippen LogP contribution in [-0.2, 0) is 14.3 Å². The number of hydrogen-bond donors (Lipinski definition) is 1. The Kier molecular flexibility index (Phi) is 5.73. The van der Waals surface area contributed by atoms with Gasteiger partial charge in [0.25, 0.3) is 5.91 Å². The molecule has 3 heterocycles. The highest BCUT2D eigenvalue weighted by Crippen LogP contribution is 2.19. The monoisotopic (exact) mass is 404 g/mol. The van der Waals surface area contributed by atoms with Crippen LogP contribution in [0.2, 0.25) is 10.2 Å². The van der Waals surface area contributed by atoms with E-state index in [1.54, 1.807) is 28.8 Å². The summed E-state index contributed by atoms with van der Waals surface area (Å²) < 4.78 is 6.82. The number of fused-ring (bicyclic) bond motifs is 1. The first-order valence-corrected chi connectivity index (χ1v) is 8.63. The zero-order valence-corrected chi connectivity index (χ0v) is 15.6. The molecule has 1 amide bonds. The van der Waals surface area contributed by atoms with E-state index in [-0.39, 0.29) is 5.15 Å². The van der Waals surface area contributed by atoms with Crippen molar-refractivity contribution in [3.05, 3.63) is 64.7 Å². The number of hydrogen-bond acceptors (Lipinski definition) is 5. The summed E-state index contributed by atoms with van der Waals surface area (Å²) in [6, 6.07) is 8.57. The number of rotatable bonds is 5. The van der Waals surface area contributed by atoms with Gasteiger partial charge >= 0.3 is 5.97 Å². The second kappa shape index (κ2) is 8.20. The molecule has 3 rings (SSSR count). The Morgan fingerprint density at radius 2 is 2.07 bits per heavy atom. The van der Waals surface area contributed by atoms with E-state index >= 15 is 0 Å². The summed E-state index contributed by atoms with van der Waals surface area (Å²) in [6.07, 6.45) is 4.82. The first-order valence-electron chi connectivity index (χ1n) is 7.88. The van der Waals surface area contributed by atoms with Crippen molar-refractivity contribution in [3.63, 3.8) is 0 Å². The van der Waals surface area contributed by atoms with Crippen LogP contribution in [0.4, 0.5) is 5.82 Å². The third-order valence-corrected chi connectivity index (χ3v) is 4.04. The second-order valence-electron chi connectivity index (χ2n) is 5.48. The average molecular weight is 405 g/mol. The quantitative estimate of drug-likeness (QED) is 0.518. The summed E-state index contributed by atoms with van der Waals surface area (Å²) in [6.45, 7) is 1.46.